The number of amides is 11. The molecule has 0 radical (unpaired) electrons. The van der Waals surface area contributed by atoms with Crippen LogP contribution in [0.4, 0.5) is 0 Å². The number of aliphatic hydroxyl groups excluding tert-OH is 2. The second-order valence-electron chi connectivity index (χ2n) is 18.9. The molecular formula is C45H75N15O13. The molecule has 4 aliphatic heterocycles. The van der Waals surface area contributed by atoms with Gasteiger partial charge in [-0.1, -0.05) is 0 Å². The number of hydrogen-bond donors (Lipinski definition) is 12. The van der Waals surface area contributed by atoms with Gasteiger partial charge < -0.3 is 84.2 Å². The quantitative estimate of drug-likeness (QED) is 0.0243. The predicted octanol–water partition coefficient (Wildman–Crippen LogP) is -6.95. The molecule has 15 N–H and O–H groups in total. The summed E-state index contributed by atoms with van der Waals surface area (Å²) >= 11 is 0. The van der Waals surface area contributed by atoms with Gasteiger partial charge in [-0.05, 0) is 99.0 Å². The Balaban J connectivity index is 1.26. The molecule has 0 saturated carbocycles. The number of aliphatic hydroxyl groups is 2. The molecule has 0 aromatic heterocycles. The summed E-state index contributed by atoms with van der Waals surface area (Å²) in [6.07, 6.45) is 2.61. The molecule has 0 aromatic rings. The molecule has 11 amide bonds. The second-order valence-corrected chi connectivity index (χ2v) is 18.9. The summed E-state index contributed by atoms with van der Waals surface area (Å²) < 4.78 is 0. The van der Waals surface area contributed by atoms with Crippen LogP contribution in [-0.4, -0.2) is 220 Å². The first-order valence-corrected chi connectivity index (χ1v) is 24.8. The largest absolute Gasteiger partial charge is 0.394 e. The Morgan fingerprint density at radius 1 is 0.589 bits per heavy atom. The first kappa shape index (κ1) is 58.9. The zero-order valence-corrected chi connectivity index (χ0v) is 42.2. The van der Waals surface area contributed by atoms with Crippen LogP contribution in [0, 0.1) is 0 Å². The van der Waals surface area contributed by atoms with Crippen LogP contribution in [0.2, 0.25) is 0 Å². The van der Waals surface area contributed by atoms with E-state index < -0.39 is 139 Å². The van der Waals surface area contributed by atoms with E-state index in [-0.39, 0.29) is 44.3 Å². The number of aliphatic imine (C=N–C) groups is 1. The fraction of sp³-hybridized carbons (Fsp3) is 0.733. The number of rotatable bonds is 24. The first-order chi connectivity index (χ1) is 34.5. The minimum Gasteiger partial charge on any atom is -0.394 e. The molecule has 0 aliphatic carbocycles. The Kier molecular flexibility index (Phi) is 22.1. The van der Waals surface area contributed by atoms with E-state index in [2.05, 4.69) is 42.2 Å². The molecule has 11 atom stereocenters. The highest BCUT2D eigenvalue weighted by atomic mass is 16.3. The smallest absolute Gasteiger partial charge is 0.246 e. The number of nitrogens with two attached hydrogens (primary N) is 3. The van der Waals surface area contributed by atoms with Crippen LogP contribution in [0.1, 0.15) is 91.9 Å². The number of nitrogens with one attached hydrogen (secondary N) is 7. The topological polar surface area (TPSA) is 416 Å². The van der Waals surface area contributed by atoms with Gasteiger partial charge in [-0.2, -0.15) is 0 Å². The molecule has 4 heterocycles. The maximum atomic E-state index is 13.7. The highest BCUT2D eigenvalue weighted by molar-refractivity contribution is 5.99. The maximum Gasteiger partial charge on any atom is 0.246 e. The normalized spacial score (nSPS) is 22.4. The number of guanidine groups is 1. The van der Waals surface area contributed by atoms with Crippen molar-refractivity contribution in [3.05, 3.63) is 0 Å². The minimum absolute atomic E-state index is 0.0566. The third-order valence-electron chi connectivity index (χ3n) is 13.5. The molecule has 28 heteroatoms. The van der Waals surface area contributed by atoms with Crippen molar-refractivity contribution in [2.24, 2.45) is 22.2 Å². The van der Waals surface area contributed by atoms with Crippen LogP contribution in [-0.2, 0) is 52.7 Å². The Labute approximate surface area is 423 Å². The molecule has 0 bridgehead atoms. The van der Waals surface area contributed by atoms with Gasteiger partial charge in [-0.15, -0.1) is 0 Å². The van der Waals surface area contributed by atoms with Crippen LogP contribution >= 0.6 is 0 Å². The zero-order valence-electron chi connectivity index (χ0n) is 42.2. The van der Waals surface area contributed by atoms with E-state index in [9.17, 15) is 63.0 Å². The number of hydrogen-bond acceptors (Lipinski definition) is 15. The van der Waals surface area contributed by atoms with Crippen LogP contribution in [0.25, 0.3) is 0 Å². The minimum atomic E-state index is -1.70. The van der Waals surface area contributed by atoms with Crippen molar-refractivity contribution in [3.63, 3.8) is 0 Å². The summed E-state index contributed by atoms with van der Waals surface area (Å²) in [7, 11) is 1.64. The molecule has 28 nitrogen and oxygen atoms in total. The number of likely N-dealkylation sites (tertiary alicyclic amines) is 4. The molecule has 4 fully saturated rings. The Morgan fingerprint density at radius 3 is 1.59 bits per heavy atom. The lowest BCUT2D eigenvalue weighted by molar-refractivity contribution is -0.148. The molecule has 4 saturated heterocycles. The standard InChI is InChI=1S/C45H75N15O13/c1-23(35(46)64)52-38(67)31-14-9-19-59(31)44(73)32-15-10-20-60(32)42(71)25(3)54-40(69)34(26(4)62)56-36(65)28(22-61)55-33(63)21-51-37(66)29-12-7-17-57(29)41(70)24(2)53-39(68)30-13-8-18-58(30)43(72)27(49-5)11-6-16-50-45(47)48/h23-32,34,49,61-62H,6-22H2,1-5H3,(H2,46,64)(H,51,66)(H,52,67)(H,53,68)(H,54,69)(H,55,63)(H,56,65)(H4,47,48,50). The Bertz CT molecular complexity index is 2090. The van der Waals surface area contributed by atoms with Crippen molar-refractivity contribution in [1.29, 1.82) is 0 Å². The van der Waals surface area contributed by atoms with Gasteiger partial charge in [0.25, 0.3) is 0 Å². The lowest BCUT2D eigenvalue weighted by Gasteiger charge is -2.33. The maximum absolute atomic E-state index is 13.7. The summed E-state index contributed by atoms with van der Waals surface area (Å²) in [5.41, 5.74) is 16.0. The molecule has 4 rings (SSSR count). The van der Waals surface area contributed by atoms with Gasteiger partial charge in [0.05, 0.1) is 25.3 Å². The van der Waals surface area contributed by atoms with Gasteiger partial charge >= 0.3 is 0 Å². The van der Waals surface area contributed by atoms with E-state index in [1.165, 1.54) is 47.3 Å². The van der Waals surface area contributed by atoms with Crippen molar-refractivity contribution in [2.75, 3.05) is 52.9 Å². The van der Waals surface area contributed by atoms with Gasteiger partial charge in [0, 0.05) is 32.7 Å². The van der Waals surface area contributed by atoms with Crippen molar-refractivity contribution in [3.8, 4) is 0 Å². The predicted molar refractivity (Wildman–Crippen MR) is 259 cm³/mol. The van der Waals surface area contributed by atoms with E-state index in [0.29, 0.717) is 64.5 Å². The van der Waals surface area contributed by atoms with Gasteiger partial charge in [-0.3, -0.25) is 57.7 Å². The lowest BCUT2D eigenvalue weighted by atomic mass is 10.1. The van der Waals surface area contributed by atoms with E-state index in [1.807, 2.05) is 0 Å². The Morgan fingerprint density at radius 2 is 1.07 bits per heavy atom. The second kappa shape index (κ2) is 27.4. The Hall–Kier alpha value is -6.68. The molecule has 11 unspecified atom stereocenters. The van der Waals surface area contributed by atoms with Crippen molar-refractivity contribution >= 4 is 70.9 Å². The molecule has 4 aliphatic rings. The number of likely N-dealkylation sites (N-methyl/N-ethyl adjacent to an activating group) is 1. The zero-order chi connectivity index (χ0) is 54.3. The number of primary amides is 1. The summed E-state index contributed by atoms with van der Waals surface area (Å²) in [5, 5.41) is 38.1. The highest BCUT2D eigenvalue weighted by Crippen LogP contribution is 2.26. The monoisotopic (exact) mass is 1030 g/mol. The van der Waals surface area contributed by atoms with Crippen LogP contribution in [0.15, 0.2) is 4.99 Å². The average Bonchev–Trinajstić information content (AvgIpc) is 4.20. The SMILES string of the molecule is CNC(CCCN=C(N)N)C(=O)N1CCCC1C(=O)NC(C)C(=O)N1CCCC1C(=O)NCC(=O)NC(CO)C(=O)NC(C(=O)NC(C)C(=O)N1CCCC1C(=O)N1CCCC1C(=O)NC(C)C(N)=O)C(C)O. The number of carbonyl (C=O) groups excluding carboxylic acids is 11. The summed E-state index contributed by atoms with van der Waals surface area (Å²) in [4.78, 5) is 155. The molecular weight excluding hydrogens is 959 g/mol. The van der Waals surface area contributed by atoms with Gasteiger partial charge in [0.2, 0.25) is 65.0 Å². The number of carbonyl (C=O) groups is 11. The summed E-state index contributed by atoms with van der Waals surface area (Å²) in [6.45, 7) is 5.02. The highest BCUT2D eigenvalue weighted by Gasteiger charge is 2.45. The number of nitrogens with zero attached hydrogens (tertiary/aromatic N) is 5. The molecule has 408 valence electrons. The van der Waals surface area contributed by atoms with Crippen LogP contribution < -0.4 is 54.4 Å². The molecule has 73 heavy (non-hydrogen) atoms. The van der Waals surface area contributed by atoms with E-state index >= 15 is 0 Å². The third kappa shape index (κ3) is 15.7. The van der Waals surface area contributed by atoms with Crippen molar-refractivity contribution in [1.82, 2.24) is 56.8 Å². The van der Waals surface area contributed by atoms with Gasteiger partial charge in [0.1, 0.15) is 54.4 Å². The molecule has 0 spiro atoms. The first-order valence-electron chi connectivity index (χ1n) is 24.8. The third-order valence-corrected chi connectivity index (χ3v) is 13.5. The van der Waals surface area contributed by atoms with E-state index in [4.69, 9.17) is 17.2 Å². The van der Waals surface area contributed by atoms with Crippen LogP contribution in [0.5, 0.6) is 0 Å². The molecule has 0 aromatic carbocycles. The van der Waals surface area contributed by atoms with Crippen LogP contribution in [0.3, 0.4) is 0 Å². The van der Waals surface area contributed by atoms with Crippen molar-refractivity contribution in [2.45, 2.75) is 158 Å². The van der Waals surface area contributed by atoms with E-state index in [1.54, 1.807) is 7.05 Å². The van der Waals surface area contributed by atoms with Gasteiger partial charge in [0.15, 0.2) is 5.96 Å². The van der Waals surface area contributed by atoms with E-state index in [0.717, 1.165) is 0 Å². The van der Waals surface area contributed by atoms with Crippen molar-refractivity contribution < 1.29 is 63.0 Å². The average molecular weight is 1030 g/mol. The lowest BCUT2D eigenvalue weighted by Crippen LogP contribution is -2.61. The fourth-order valence-corrected chi connectivity index (χ4v) is 9.48. The summed E-state index contributed by atoms with van der Waals surface area (Å²) in [6, 6.07) is -10.9. The van der Waals surface area contributed by atoms with Gasteiger partial charge in [-0.25, -0.2) is 0 Å². The summed E-state index contributed by atoms with van der Waals surface area (Å²) in [5.74, 6) is -7.57. The fourth-order valence-electron chi connectivity index (χ4n) is 9.48.